The third-order valence-electron chi connectivity index (χ3n) is 5.75. The smallest absolute Gasteiger partial charge is 0.358 e. The third-order valence-corrected chi connectivity index (χ3v) is 6.19. The van der Waals surface area contributed by atoms with Gasteiger partial charge in [0, 0.05) is 31.4 Å². The molecule has 0 aliphatic carbocycles. The summed E-state index contributed by atoms with van der Waals surface area (Å²) in [4.78, 5) is 39.8. The number of pyridine rings is 3. The first-order valence-corrected chi connectivity index (χ1v) is 11.6. The monoisotopic (exact) mass is 512 g/mol. The molecule has 7 N–H and O–H groups in total. The average Bonchev–Trinajstić information content (AvgIpc) is 2.84. The number of piperidine rings is 1. The number of hydrogen-bond donors (Lipinski definition) is 4. The summed E-state index contributed by atoms with van der Waals surface area (Å²) in [7, 11) is 3.53. The van der Waals surface area contributed by atoms with Crippen LogP contribution in [0.5, 0.6) is 0 Å². The van der Waals surface area contributed by atoms with E-state index in [9.17, 15) is 14.0 Å². The number of nitrogens with one attached hydrogen (secondary N) is 1. The molecule has 13 heteroatoms. The molecule has 0 aromatic carbocycles. The van der Waals surface area contributed by atoms with Crippen LogP contribution in [0.25, 0.3) is 11.4 Å². The van der Waals surface area contributed by atoms with Crippen molar-refractivity contribution in [2.45, 2.75) is 18.9 Å². The van der Waals surface area contributed by atoms with Gasteiger partial charge in [-0.1, -0.05) is 0 Å². The van der Waals surface area contributed by atoms with Crippen LogP contribution in [0.2, 0.25) is 0 Å². The highest BCUT2D eigenvalue weighted by Crippen LogP contribution is 2.29. The van der Waals surface area contributed by atoms with Gasteiger partial charge in [0.1, 0.15) is 5.69 Å². The van der Waals surface area contributed by atoms with Crippen LogP contribution in [-0.4, -0.2) is 53.1 Å². The Hall–Kier alpha value is -3.89. The molecular weight excluding hydrogens is 486 g/mol. The van der Waals surface area contributed by atoms with Crippen LogP contribution >= 0.6 is 9.24 Å². The fourth-order valence-electron chi connectivity index (χ4n) is 4.02. The predicted octanol–water partition coefficient (Wildman–Crippen LogP) is 1.31. The molecule has 4 heterocycles. The van der Waals surface area contributed by atoms with E-state index in [4.69, 9.17) is 17.2 Å². The molecule has 1 fully saturated rings. The van der Waals surface area contributed by atoms with Gasteiger partial charge in [0.15, 0.2) is 17.2 Å². The summed E-state index contributed by atoms with van der Waals surface area (Å²) < 4.78 is 19.6. The number of hydrogen-bond acceptors (Lipinski definition) is 10. The maximum atomic E-state index is 14.9. The fourth-order valence-corrected chi connectivity index (χ4v) is 4.40. The molecule has 2 atom stereocenters. The van der Waals surface area contributed by atoms with Crippen LogP contribution in [0.4, 0.5) is 27.1 Å². The van der Waals surface area contributed by atoms with Crippen molar-refractivity contribution in [1.82, 2.24) is 15.0 Å². The minimum absolute atomic E-state index is 0.00878. The molecule has 3 aromatic heterocycles. The minimum atomic E-state index is -0.829. The quantitative estimate of drug-likeness (QED) is 0.288. The fraction of sp³-hybridized carbons (Fsp3) is 0.261. The van der Waals surface area contributed by atoms with E-state index < -0.39 is 17.7 Å². The Kier molecular flexibility index (Phi) is 7.27. The summed E-state index contributed by atoms with van der Waals surface area (Å²) in [5.41, 5.74) is 18.3. The van der Waals surface area contributed by atoms with Crippen molar-refractivity contribution in [2.75, 3.05) is 41.9 Å². The molecule has 1 aliphatic rings. The molecular formula is C23H26FN8O3P. The van der Waals surface area contributed by atoms with Gasteiger partial charge in [-0.15, -0.1) is 9.24 Å². The highest BCUT2D eigenvalue weighted by molar-refractivity contribution is 7.28. The van der Waals surface area contributed by atoms with E-state index >= 15 is 0 Å². The van der Waals surface area contributed by atoms with E-state index in [1.165, 1.54) is 19.4 Å². The minimum Gasteiger partial charge on any atom is -0.464 e. The lowest BCUT2D eigenvalue weighted by atomic mass is 10.1. The van der Waals surface area contributed by atoms with Gasteiger partial charge in [-0.25, -0.2) is 19.2 Å². The van der Waals surface area contributed by atoms with Crippen LogP contribution in [0.3, 0.4) is 0 Å². The standard InChI is InChI=1S/C23H26FN8O3P/c1-35-23(34)20-14(27)8-17(36)21(31-20)18-12(24)7-13(26)19(30-18)22(33)29-15-9-28-5-4-16(15)32-6-2-3-11(25)10-32/h4-5,7-9,11H,2-3,6,10,25-27,36H2,1H3,(H,29,33)/t11-/m0/s1. The maximum absolute atomic E-state index is 14.9. The first kappa shape index (κ1) is 25.2. The highest BCUT2D eigenvalue weighted by Gasteiger charge is 2.24. The van der Waals surface area contributed by atoms with Crippen molar-refractivity contribution < 1.29 is 18.7 Å². The normalized spacial score (nSPS) is 15.4. The molecule has 11 nitrogen and oxygen atoms in total. The first-order chi connectivity index (χ1) is 17.2. The van der Waals surface area contributed by atoms with Gasteiger partial charge >= 0.3 is 5.97 Å². The van der Waals surface area contributed by atoms with Crippen molar-refractivity contribution in [3.8, 4) is 11.4 Å². The van der Waals surface area contributed by atoms with Gasteiger partial charge in [-0.05, 0) is 30.3 Å². The van der Waals surface area contributed by atoms with Crippen molar-refractivity contribution in [3.63, 3.8) is 0 Å². The zero-order chi connectivity index (χ0) is 26.0. The zero-order valence-corrected chi connectivity index (χ0v) is 20.6. The largest absolute Gasteiger partial charge is 0.464 e. The van der Waals surface area contributed by atoms with E-state index in [1.807, 2.05) is 0 Å². The molecule has 1 saturated heterocycles. The molecule has 3 aromatic rings. The van der Waals surface area contributed by atoms with Gasteiger partial charge < -0.3 is 32.2 Å². The number of nitrogens with zero attached hydrogens (tertiary/aromatic N) is 4. The molecule has 36 heavy (non-hydrogen) atoms. The van der Waals surface area contributed by atoms with E-state index in [0.717, 1.165) is 31.1 Å². The number of anilines is 4. The molecule has 1 unspecified atom stereocenters. The lowest BCUT2D eigenvalue weighted by molar-refractivity contribution is 0.0595. The molecule has 4 rings (SSSR count). The number of esters is 1. The second kappa shape index (κ2) is 10.4. The Morgan fingerprint density at radius 2 is 1.92 bits per heavy atom. The summed E-state index contributed by atoms with van der Waals surface area (Å²) in [5.74, 6) is -2.29. The van der Waals surface area contributed by atoms with Crippen molar-refractivity contribution in [3.05, 3.63) is 47.8 Å². The average molecular weight is 512 g/mol. The third kappa shape index (κ3) is 5.05. The Balaban J connectivity index is 1.70. The SMILES string of the molecule is COC(=O)c1nc(-c2nc(C(=O)Nc3cnccc3N3CCC[C@H](N)C3)c(N)cc2F)c(P)cc1N. The second-order valence-corrected chi connectivity index (χ2v) is 8.93. The van der Waals surface area contributed by atoms with Gasteiger partial charge in [0.25, 0.3) is 5.91 Å². The number of carbonyl (C=O) groups is 2. The van der Waals surface area contributed by atoms with Crippen LogP contribution in [-0.2, 0) is 4.74 Å². The number of halogens is 1. The van der Waals surface area contributed by atoms with Crippen molar-refractivity contribution >= 4 is 49.2 Å². The molecule has 188 valence electrons. The Morgan fingerprint density at radius 3 is 2.64 bits per heavy atom. The van der Waals surface area contributed by atoms with Crippen LogP contribution in [0, 0.1) is 5.82 Å². The van der Waals surface area contributed by atoms with Gasteiger partial charge in [-0.3, -0.25) is 9.78 Å². The number of amides is 1. The Morgan fingerprint density at radius 1 is 1.19 bits per heavy atom. The molecule has 0 saturated carbocycles. The number of nitrogen functional groups attached to an aromatic ring is 2. The van der Waals surface area contributed by atoms with Crippen LogP contribution in [0.1, 0.15) is 33.8 Å². The lowest BCUT2D eigenvalue weighted by Gasteiger charge is -2.33. The Labute approximate surface area is 208 Å². The number of ether oxygens (including phenoxy) is 1. The van der Waals surface area contributed by atoms with Gasteiger partial charge in [0.05, 0.1) is 41.8 Å². The molecule has 0 spiro atoms. The van der Waals surface area contributed by atoms with E-state index in [-0.39, 0.29) is 40.2 Å². The highest BCUT2D eigenvalue weighted by atomic mass is 31.0. The maximum Gasteiger partial charge on any atom is 0.358 e. The second-order valence-electron chi connectivity index (χ2n) is 8.31. The van der Waals surface area contributed by atoms with Crippen LogP contribution < -0.4 is 32.7 Å². The van der Waals surface area contributed by atoms with Gasteiger partial charge in [0.2, 0.25) is 0 Å². The number of rotatable bonds is 5. The van der Waals surface area contributed by atoms with E-state index in [2.05, 4.69) is 39.1 Å². The summed E-state index contributed by atoms with van der Waals surface area (Å²) in [6.45, 7) is 1.42. The van der Waals surface area contributed by atoms with Gasteiger partial charge in [-0.2, -0.15) is 0 Å². The molecule has 1 amide bonds. The van der Waals surface area contributed by atoms with Crippen molar-refractivity contribution in [1.29, 1.82) is 0 Å². The van der Waals surface area contributed by atoms with Crippen LogP contribution in [0.15, 0.2) is 30.6 Å². The van der Waals surface area contributed by atoms with E-state index in [0.29, 0.717) is 17.5 Å². The number of nitrogens with two attached hydrogens (primary N) is 3. The first-order valence-electron chi connectivity index (χ1n) is 11.1. The summed E-state index contributed by atoms with van der Waals surface area (Å²) in [5, 5.41) is 3.13. The predicted molar refractivity (Wildman–Crippen MR) is 139 cm³/mol. The van der Waals surface area contributed by atoms with Crippen molar-refractivity contribution in [2.24, 2.45) is 5.73 Å². The lowest BCUT2D eigenvalue weighted by Crippen LogP contribution is -2.43. The molecule has 0 bridgehead atoms. The summed E-state index contributed by atoms with van der Waals surface area (Å²) in [6.07, 6.45) is 4.99. The Bertz CT molecular complexity index is 1340. The topological polar surface area (TPSA) is 175 Å². The molecule has 0 radical (unpaired) electrons. The summed E-state index contributed by atoms with van der Waals surface area (Å²) >= 11 is 0. The number of carbonyl (C=O) groups excluding carboxylic acids is 2. The molecule has 1 aliphatic heterocycles. The number of aromatic nitrogens is 3. The summed E-state index contributed by atoms with van der Waals surface area (Å²) in [6, 6.07) is 4.20. The van der Waals surface area contributed by atoms with E-state index in [1.54, 1.807) is 12.3 Å². The zero-order valence-electron chi connectivity index (χ0n) is 19.5. The number of methoxy groups -OCH3 is 1.